The summed E-state index contributed by atoms with van der Waals surface area (Å²) in [6, 6.07) is 3.89. The molecule has 1 aromatic heterocycles. The fourth-order valence-electron chi connectivity index (χ4n) is 0.793. The van der Waals surface area contributed by atoms with Crippen LogP contribution in [-0.2, 0) is 9.59 Å². The van der Waals surface area contributed by atoms with Crippen molar-refractivity contribution < 1.29 is 19.1 Å². The lowest BCUT2D eigenvalue weighted by Gasteiger charge is -1.99. The van der Waals surface area contributed by atoms with Crippen LogP contribution < -0.4 is 5.32 Å². The molecule has 6 heteroatoms. The predicted molar refractivity (Wildman–Crippen MR) is 49.6 cm³/mol. The summed E-state index contributed by atoms with van der Waals surface area (Å²) in [7, 11) is 0. The summed E-state index contributed by atoms with van der Waals surface area (Å²) < 4.78 is 12.6. The molecule has 78 valence electrons. The number of pyridine rings is 1. The molecule has 0 bridgehead atoms. The Bertz CT molecular complexity index is 418. The van der Waals surface area contributed by atoms with Crippen molar-refractivity contribution in [1.29, 1.82) is 0 Å². The minimum absolute atomic E-state index is 0.0232. The van der Waals surface area contributed by atoms with E-state index in [1.54, 1.807) is 0 Å². The molecule has 1 heterocycles. The smallest absolute Gasteiger partial charge is 0.328 e. The van der Waals surface area contributed by atoms with Crippen LogP contribution in [0.3, 0.4) is 0 Å². The summed E-state index contributed by atoms with van der Waals surface area (Å²) in [5.74, 6) is -2.63. The van der Waals surface area contributed by atoms with Gasteiger partial charge in [-0.1, -0.05) is 6.07 Å². The number of aliphatic carboxylic acids is 1. The van der Waals surface area contributed by atoms with E-state index in [9.17, 15) is 14.0 Å². The number of hydrogen-bond donors (Lipinski definition) is 2. The van der Waals surface area contributed by atoms with Crippen molar-refractivity contribution in [1.82, 2.24) is 4.98 Å². The number of nitrogens with zero attached hydrogens (tertiary/aromatic N) is 1. The maximum atomic E-state index is 12.6. The van der Waals surface area contributed by atoms with E-state index in [0.717, 1.165) is 12.1 Å². The molecule has 0 fully saturated rings. The van der Waals surface area contributed by atoms with Gasteiger partial charge in [0.25, 0.3) is 0 Å². The minimum atomic E-state index is -1.24. The minimum Gasteiger partial charge on any atom is -0.478 e. The van der Waals surface area contributed by atoms with Gasteiger partial charge in [0.15, 0.2) is 0 Å². The Morgan fingerprint density at radius 2 is 2.13 bits per heavy atom. The van der Waals surface area contributed by atoms with Crippen molar-refractivity contribution in [3.63, 3.8) is 0 Å². The van der Waals surface area contributed by atoms with E-state index >= 15 is 0 Å². The number of nitrogens with one attached hydrogen (secondary N) is 1. The van der Waals surface area contributed by atoms with Gasteiger partial charge in [0, 0.05) is 12.2 Å². The van der Waals surface area contributed by atoms with E-state index in [2.05, 4.69) is 10.3 Å². The number of amides is 1. The van der Waals surface area contributed by atoms with Crippen molar-refractivity contribution in [2.75, 3.05) is 5.32 Å². The van der Waals surface area contributed by atoms with Crippen LogP contribution in [0.2, 0.25) is 0 Å². The summed E-state index contributed by atoms with van der Waals surface area (Å²) in [5.41, 5.74) is 0. The van der Waals surface area contributed by atoms with Crippen molar-refractivity contribution in [3.8, 4) is 0 Å². The second-order valence-corrected chi connectivity index (χ2v) is 2.51. The molecule has 0 saturated heterocycles. The van der Waals surface area contributed by atoms with Crippen LogP contribution >= 0.6 is 0 Å². The lowest BCUT2D eigenvalue weighted by molar-refractivity contribution is -0.131. The molecular formula is C9H7FN2O3. The third kappa shape index (κ3) is 3.99. The first kappa shape index (κ1) is 10.8. The maximum absolute atomic E-state index is 12.6. The summed E-state index contributed by atoms with van der Waals surface area (Å²) >= 11 is 0. The van der Waals surface area contributed by atoms with Crippen LogP contribution in [0.4, 0.5) is 10.2 Å². The van der Waals surface area contributed by atoms with Gasteiger partial charge in [-0.05, 0) is 12.1 Å². The van der Waals surface area contributed by atoms with Gasteiger partial charge in [-0.15, -0.1) is 0 Å². The SMILES string of the molecule is O=C(O)/C=C/C(=O)Nc1cccc(F)n1. The van der Waals surface area contributed by atoms with E-state index < -0.39 is 17.8 Å². The zero-order chi connectivity index (χ0) is 11.3. The first-order valence-electron chi connectivity index (χ1n) is 3.92. The first-order valence-corrected chi connectivity index (χ1v) is 3.92. The van der Waals surface area contributed by atoms with Crippen LogP contribution in [0.5, 0.6) is 0 Å². The summed E-state index contributed by atoms with van der Waals surface area (Å²) in [6.45, 7) is 0. The molecule has 0 spiro atoms. The number of hydrogen-bond acceptors (Lipinski definition) is 3. The highest BCUT2D eigenvalue weighted by molar-refractivity contribution is 6.01. The standard InChI is InChI=1S/C9H7FN2O3/c10-6-2-1-3-7(11-6)12-8(13)4-5-9(14)15/h1-5H,(H,14,15)(H,11,12,13)/b5-4+. The number of carboxylic acids is 1. The van der Waals surface area contributed by atoms with Gasteiger partial charge in [-0.2, -0.15) is 4.39 Å². The van der Waals surface area contributed by atoms with Crippen molar-refractivity contribution in [2.24, 2.45) is 0 Å². The molecule has 1 amide bonds. The maximum Gasteiger partial charge on any atom is 0.328 e. The normalized spacial score (nSPS) is 10.2. The lowest BCUT2D eigenvalue weighted by Crippen LogP contribution is -2.10. The molecule has 5 nitrogen and oxygen atoms in total. The Morgan fingerprint density at radius 3 is 2.73 bits per heavy atom. The molecular weight excluding hydrogens is 203 g/mol. The Hall–Kier alpha value is -2.24. The number of carboxylic acid groups (broad SMARTS) is 1. The summed E-state index contributed by atoms with van der Waals surface area (Å²) in [4.78, 5) is 24.4. The number of anilines is 1. The third-order valence-electron chi connectivity index (χ3n) is 1.34. The Kier molecular flexibility index (Phi) is 3.50. The van der Waals surface area contributed by atoms with E-state index in [-0.39, 0.29) is 5.82 Å². The first-order chi connectivity index (χ1) is 7.08. The van der Waals surface area contributed by atoms with E-state index in [0.29, 0.717) is 6.08 Å². The van der Waals surface area contributed by atoms with Crippen molar-refractivity contribution in [2.45, 2.75) is 0 Å². The van der Waals surface area contributed by atoms with E-state index in [1.807, 2.05) is 0 Å². The zero-order valence-corrected chi connectivity index (χ0v) is 7.48. The number of carbonyl (C=O) groups excluding carboxylic acids is 1. The van der Waals surface area contributed by atoms with Crippen LogP contribution in [0.25, 0.3) is 0 Å². The molecule has 0 aliphatic rings. The highest BCUT2D eigenvalue weighted by atomic mass is 19.1. The highest BCUT2D eigenvalue weighted by Crippen LogP contribution is 2.02. The van der Waals surface area contributed by atoms with Gasteiger partial charge >= 0.3 is 5.97 Å². The van der Waals surface area contributed by atoms with Gasteiger partial charge in [-0.3, -0.25) is 4.79 Å². The second-order valence-electron chi connectivity index (χ2n) is 2.51. The molecule has 0 aliphatic heterocycles. The quantitative estimate of drug-likeness (QED) is 0.571. The number of carbonyl (C=O) groups is 2. The second kappa shape index (κ2) is 4.85. The summed E-state index contributed by atoms with van der Waals surface area (Å²) in [5, 5.41) is 10.4. The van der Waals surface area contributed by atoms with Gasteiger partial charge in [0.1, 0.15) is 5.82 Å². The van der Waals surface area contributed by atoms with Gasteiger partial charge in [0.2, 0.25) is 11.9 Å². The zero-order valence-electron chi connectivity index (χ0n) is 7.48. The molecule has 15 heavy (non-hydrogen) atoms. The monoisotopic (exact) mass is 210 g/mol. The Labute approximate surface area is 84.3 Å². The fourth-order valence-corrected chi connectivity index (χ4v) is 0.793. The van der Waals surface area contributed by atoms with Crippen LogP contribution in [-0.4, -0.2) is 22.0 Å². The molecule has 0 aromatic carbocycles. The van der Waals surface area contributed by atoms with Gasteiger partial charge < -0.3 is 10.4 Å². The Balaban J connectivity index is 2.63. The van der Waals surface area contributed by atoms with Crippen molar-refractivity contribution >= 4 is 17.7 Å². The molecule has 0 radical (unpaired) electrons. The van der Waals surface area contributed by atoms with E-state index in [4.69, 9.17) is 5.11 Å². The molecule has 0 atom stereocenters. The van der Waals surface area contributed by atoms with Crippen molar-refractivity contribution in [3.05, 3.63) is 36.3 Å². The van der Waals surface area contributed by atoms with Gasteiger partial charge in [-0.25, -0.2) is 9.78 Å². The molecule has 1 aromatic rings. The van der Waals surface area contributed by atoms with Crippen LogP contribution in [0.1, 0.15) is 0 Å². The number of rotatable bonds is 3. The molecule has 0 saturated carbocycles. The highest BCUT2D eigenvalue weighted by Gasteiger charge is 2.00. The average molecular weight is 210 g/mol. The van der Waals surface area contributed by atoms with Gasteiger partial charge in [0.05, 0.1) is 0 Å². The molecule has 0 aliphatic carbocycles. The largest absolute Gasteiger partial charge is 0.478 e. The van der Waals surface area contributed by atoms with E-state index in [1.165, 1.54) is 12.1 Å². The van der Waals surface area contributed by atoms with Crippen LogP contribution in [0.15, 0.2) is 30.4 Å². The molecule has 2 N–H and O–H groups in total. The summed E-state index contributed by atoms with van der Waals surface area (Å²) in [6.07, 6.45) is 1.49. The number of halogens is 1. The third-order valence-corrected chi connectivity index (χ3v) is 1.34. The van der Waals surface area contributed by atoms with Crippen LogP contribution in [0, 0.1) is 5.95 Å². The molecule has 0 unspecified atom stereocenters. The average Bonchev–Trinajstić information content (AvgIpc) is 2.15. The topological polar surface area (TPSA) is 79.3 Å². The fraction of sp³-hybridized carbons (Fsp3) is 0. The lowest BCUT2D eigenvalue weighted by atomic mass is 10.4. The molecule has 1 rings (SSSR count). The Morgan fingerprint density at radius 1 is 1.40 bits per heavy atom. The predicted octanol–water partition coefficient (Wildman–Crippen LogP) is 0.800. The number of aromatic nitrogens is 1.